The van der Waals surface area contributed by atoms with E-state index in [9.17, 15) is 0 Å². The van der Waals surface area contributed by atoms with E-state index in [1.807, 2.05) is 0 Å². The summed E-state index contributed by atoms with van der Waals surface area (Å²) in [4.78, 5) is 5.00. The summed E-state index contributed by atoms with van der Waals surface area (Å²) in [7, 11) is 0. The van der Waals surface area contributed by atoms with E-state index in [0.29, 0.717) is 0 Å². The highest BCUT2D eigenvalue weighted by atomic mass is 15.2. The lowest BCUT2D eigenvalue weighted by molar-refractivity contribution is 0.776. The van der Waals surface area contributed by atoms with E-state index in [-0.39, 0.29) is 0 Å². The van der Waals surface area contributed by atoms with Gasteiger partial charge in [0.05, 0.1) is 16.8 Å². The molecule has 71 heavy (non-hydrogen) atoms. The van der Waals surface area contributed by atoms with Gasteiger partial charge < -0.3 is 9.80 Å². The Morgan fingerprint density at radius 3 is 1.01 bits per heavy atom. The summed E-state index contributed by atoms with van der Waals surface area (Å²) in [5.41, 5.74) is 13.4. The molecule has 0 heterocycles. The summed E-state index contributed by atoms with van der Waals surface area (Å²) in [6, 6.07) is 103. The van der Waals surface area contributed by atoms with Crippen LogP contribution in [-0.2, 0) is 5.41 Å². The van der Waals surface area contributed by atoms with Gasteiger partial charge in [-0.3, -0.25) is 0 Å². The molecule has 2 nitrogen and oxygen atoms in total. The molecular formula is C69H46N2. The SMILES string of the molecule is c1ccc(N(c2ccc3c(c2)C(c2ccccc2)(c2cccc4ccccc24)c2cc(N(c4ccccc4)c4c5ccccc5cc5ccccc45)ccc2-3)c2c3ccccc3cc3ccccc23)cc1. The average molecular weight is 903 g/mol. The Kier molecular flexibility index (Phi) is 9.47. The second-order valence-corrected chi connectivity index (χ2v) is 18.8. The maximum atomic E-state index is 2.51. The summed E-state index contributed by atoms with van der Waals surface area (Å²) >= 11 is 0. The topological polar surface area (TPSA) is 6.48 Å². The van der Waals surface area contributed by atoms with E-state index in [4.69, 9.17) is 0 Å². The Morgan fingerprint density at radius 2 is 0.577 bits per heavy atom. The highest BCUT2D eigenvalue weighted by Gasteiger charge is 2.48. The van der Waals surface area contributed by atoms with Gasteiger partial charge in [0, 0.05) is 44.3 Å². The van der Waals surface area contributed by atoms with Gasteiger partial charge >= 0.3 is 0 Å². The van der Waals surface area contributed by atoms with Crippen LogP contribution in [0, 0.1) is 0 Å². The number of fused-ring (bicyclic) bond motifs is 8. The van der Waals surface area contributed by atoms with Gasteiger partial charge in [-0.05, 0) is 126 Å². The van der Waals surface area contributed by atoms with E-state index >= 15 is 0 Å². The fourth-order valence-corrected chi connectivity index (χ4v) is 12.0. The molecule has 0 unspecified atom stereocenters. The third kappa shape index (κ3) is 6.35. The molecule has 0 atom stereocenters. The third-order valence-electron chi connectivity index (χ3n) is 15.0. The number of rotatable bonds is 8. The highest BCUT2D eigenvalue weighted by Crippen LogP contribution is 2.60. The highest BCUT2D eigenvalue weighted by molar-refractivity contribution is 6.16. The van der Waals surface area contributed by atoms with E-state index in [1.165, 1.54) is 98.6 Å². The van der Waals surface area contributed by atoms with Crippen LogP contribution >= 0.6 is 0 Å². The minimum Gasteiger partial charge on any atom is -0.309 e. The number of anilines is 6. The zero-order valence-electron chi connectivity index (χ0n) is 39.0. The molecule has 0 saturated heterocycles. The van der Waals surface area contributed by atoms with Gasteiger partial charge in [-0.2, -0.15) is 0 Å². The molecular weight excluding hydrogens is 857 g/mol. The number of nitrogens with zero attached hydrogens (tertiary/aromatic N) is 2. The predicted octanol–water partition coefficient (Wildman–Crippen LogP) is 18.8. The molecule has 0 spiro atoms. The average Bonchev–Trinajstić information content (AvgIpc) is 3.73. The molecule has 0 amide bonds. The van der Waals surface area contributed by atoms with Crippen molar-refractivity contribution in [2.75, 3.05) is 9.80 Å². The molecule has 332 valence electrons. The molecule has 0 aromatic heterocycles. The van der Waals surface area contributed by atoms with Crippen molar-refractivity contribution in [2.24, 2.45) is 0 Å². The molecule has 0 saturated carbocycles. The van der Waals surface area contributed by atoms with Crippen molar-refractivity contribution in [1.82, 2.24) is 0 Å². The maximum absolute atomic E-state index is 2.51. The van der Waals surface area contributed by atoms with Crippen molar-refractivity contribution < 1.29 is 0 Å². The maximum Gasteiger partial charge on any atom is 0.0721 e. The minimum atomic E-state index is -0.745. The number of hydrogen-bond acceptors (Lipinski definition) is 2. The molecule has 1 aliphatic rings. The lowest BCUT2D eigenvalue weighted by Crippen LogP contribution is -2.29. The zero-order chi connectivity index (χ0) is 46.9. The monoisotopic (exact) mass is 902 g/mol. The first kappa shape index (κ1) is 40.8. The fraction of sp³-hybridized carbons (Fsp3) is 0.0145. The van der Waals surface area contributed by atoms with Gasteiger partial charge in [0.2, 0.25) is 0 Å². The zero-order valence-corrected chi connectivity index (χ0v) is 39.0. The summed E-state index contributed by atoms with van der Waals surface area (Å²) in [6.07, 6.45) is 0. The smallest absolute Gasteiger partial charge is 0.0721 e. The Bertz CT molecular complexity index is 3850. The van der Waals surface area contributed by atoms with Gasteiger partial charge in [-0.15, -0.1) is 0 Å². The molecule has 13 aromatic carbocycles. The quantitative estimate of drug-likeness (QED) is 0.140. The Labute approximate surface area is 413 Å². The molecule has 0 bridgehead atoms. The van der Waals surface area contributed by atoms with Crippen molar-refractivity contribution in [2.45, 2.75) is 5.41 Å². The van der Waals surface area contributed by atoms with Gasteiger partial charge in [0.15, 0.2) is 0 Å². The Balaban J connectivity index is 1.10. The lowest BCUT2D eigenvalue weighted by atomic mass is 9.66. The minimum absolute atomic E-state index is 0.745. The number of para-hydroxylation sites is 2. The van der Waals surface area contributed by atoms with Crippen molar-refractivity contribution in [3.8, 4) is 11.1 Å². The van der Waals surface area contributed by atoms with E-state index in [2.05, 4.69) is 289 Å². The second kappa shape index (κ2) is 16.5. The van der Waals surface area contributed by atoms with Gasteiger partial charge in [-0.1, -0.05) is 218 Å². The van der Waals surface area contributed by atoms with Gasteiger partial charge in [0.25, 0.3) is 0 Å². The van der Waals surface area contributed by atoms with Gasteiger partial charge in [-0.25, -0.2) is 0 Å². The molecule has 0 radical (unpaired) electrons. The van der Waals surface area contributed by atoms with E-state index in [1.54, 1.807) is 0 Å². The predicted molar refractivity (Wildman–Crippen MR) is 301 cm³/mol. The molecule has 0 fully saturated rings. The summed E-state index contributed by atoms with van der Waals surface area (Å²) in [5, 5.41) is 12.1. The Morgan fingerprint density at radius 1 is 0.225 bits per heavy atom. The number of hydrogen-bond donors (Lipinski definition) is 0. The first-order valence-corrected chi connectivity index (χ1v) is 24.6. The molecule has 0 N–H and O–H groups in total. The Hall–Kier alpha value is -9.24. The molecule has 13 aromatic rings. The van der Waals surface area contributed by atoms with Crippen LogP contribution in [0.1, 0.15) is 22.3 Å². The third-order valence-corrected chi connectivity index (χ3v) is 15.0. The van der Waals surface area contributed by atoms with Crippen LogP contribution in [0.15, 0.2) is 279 Å². The van der Waals surface area contributed by atoms with Crippen molar-refractivity contribution in [3.05, 3.63) is 301 Å². The summed E-state index contributed by atoms with van der Waals surface area (Å²) in [5.74, 6) is 0. The van der Waals surface area contributed by atoms with Crippen molar-refractivity contribution >= 4 is 88.0 Å². The summed E-state index contributed by atoms with van der Waals surface area (Å²) < 4.78 is 0. The van der Waals surface area contributed by atoms with Gasteiger partial charge in [0.1, 0.15) is 0 Å². The lowest BCUT2D eigenvalue weighted by Gasteiger charge is -2.37. The second-order valence-electron chi connectivity index (χ2n) is 18.8. The standard InChI is InChI=1S/C69H46N2/c1-4-27-52(28-5-1)69(64-38-20-26-47-21-10-15-33-57(47)64)65-45-55(70(53-29-6-2-7-30-53)67-58-34-16-11-22-48(58)43-49-23-12-17-35-59(49)67)39-41-62(65)63-42-40-56(46-66(63)69)71(54-31-8-3-9-32-54)68-60-36-18-13-24-50(60)44-51-25-14-19-37-61(51)68/h1-46H. The molecule has 1 aliphatic carbocycles. The van der Waals surface area contributed by atoms with Crippen LogP contribution in [0.4, 0.5) is 34.1 Å². The number of benzene rings is 13. The normalized spacial score (nSPS) is 12.6. The van der Waals surface area contributed by atoms with Crippen LogP contribution in [0.5, 0.6) is 0 Å². The van der Waals surface area contributed by atoms with Crippen molar-refractivity contribution in [3.63, 3.8) is 0 Å². The van der Waals surface area contributed by atoms with E-state index in [0.717, 1.165) is 22.7 Å². The van der Waals surface area contributed by atoms with Crippen molar-refractivity contribution in [1.29, 1.82) is 0 Å². The first-order valence-electron chi connectivity index (χ1n) is 24.6. The summed E-state index contributed by atoms with van der Waals surface area (Å²) in [6.45, 7) is 0. The molecule has 2 heteroatoms. The molecule has 14 rings (SSSR count). The fourth-order valence-electron chi connectivity index (χ4n) is 12.0. The van der Waals surface area contributed by atoms with Crippen LogP contribution in [-0.4, -0.2) is 0 Å². The van der Waals surface area contributed by atoms with Crippen LogP contribution < -0.4 is 9.80 Å². The largest absolute Gasteiger partial charge is 0.309 e. The first-order chi connectivity index (χ1) is 35.2. The van der Waals surface area contributed by atoms with Crippen LogP contribution in [0.25, 0.3) is 65.0 Å². The van der Waals surface area contributed by atoms with E-state index < -0.39 is 5.41 Å². The van der Waals surface area contributed by atoms with Crippen LogP contribution in [0.2, 0.25) is 0 Å². The van der Waals surface area contributed by atoms with Crippen LogP contribution in [0.3, 0.4) is 0 Å². The molecule has 0 aliphatic heterocycles.